The van der Waals surface area contributed by atoms with Crippen LogP contribution in [0.5, 0.6) is 0 Å². The molecule has 8 nitrogen and oxygen atoms in total. The van der Waals surface area contributed by atoms with Gasteiger partial charge in [0.2, 0.25) is 5.91 Å². The molecular weight excluding hydrogens is 342 g/mol. The Morgan fingerprint density at radius 2 is 1.96 bits per heavy atom. The summed E-state index contributed by atoms with van der Waals surface area (Å²) in [5.74, 6) is -0.0206. The Hall–Kier alpha value is -2.52. The van der Waals surface area contributed by atoms with E-state index in [4.69, 9.17) is 0 Å². The molecule has 9 heteroatoms. The fourth-order valence-corrected chi connectivity index (χ4v) is 3.29. The first kappa shape index (κ1) is 17.3. The van der Waals surface area contributed by atoms with Crippen molar-refractivity contribution in [2.24, 2.45) is 0 Å². The molecule has 1 aromatic heterocycles. The zero-order valence-electron chi connectivity index (χ0n) is 13.6. The monoisotopic (exact) mass is 361 g/mol. The molecule has 0 radical (unpaired) electrons. The van der Waals surface area contributed by atoms with Crippen molar-refractivity contribution in [2.75, 3.05) is 42.9 Å². The summed E-state index contributed by atoms with van der Waals surface area (Å²) in [5.41, 5.74) is 1.10. The minimum atomic E-state index is -0.390. The first-order chi connectivity index (χ1) is 12.1. The van der Waals surface area contributed by atoms with Crippen LogP contribution in [0.4, 0.5) is 16.5 Å². The topological polar surface area (TPSA) is 91.6 Å². The van der Waals surface area contributed by atoms with E-state index in [-0.39, 0.29) is 11.6 Å². The highest BCUT2D eigenvalue weighted by atomic mass is 32.1. The summed E-state index contributed by atoms with van der Waals surface area (Å²) in [7, 11) is 0. The van der Waals surface area contributed by atoms with E-state index in [1.807, 2.05) is 5.38 Å². The molecule has 0 spiro atoms. The number of non-ortho nitro benzene ring substituents is 1. The summed E-state index contributed by atoms with van der Waals surface area (Å²) in [4.78, 5) is 30.7. The highest BCUT2D eigenvalue weighted by Gasteiger charge is 2.18. The molecule has 0 aliphatic carbocycles. The Morgan fingerprint density at radius 1 is 1.24 bits per heavy atom. The van der Waals surface area contributed by atoms with Crippen molar-refractivity contribution in [1.82, 2.24) is 9.88 Å². The van der Waals surface area contributed by atoms with Gasteiger partial charge in [0.05, 0.1) is 4.92 Å². The van der Waals surface area contributed by atoms with E-state index in [0.29, 0.717) is 18.1 Å². The molecule has 1 aliphatic rings. The van der Waals surface area contributed by atoms with Gasteiger partial charge in [0.1, 0.15) is 0 Å². The van der Waals surface area contributed by atoms with Crippen molar-refractivity contribution in [2.45, 2.75) is 6.42 Å². The van der Waals surface area contributed by atoms with Crippen LogP contribution in [0.3, 0.4) is 0 Å². The molecule has 132 valence electrons. The lowest BCUT2D eigenvalue weighted by atomic mass is 10.2. The summed E-state index contributed by atoms with van der Waals surface area (Å²) in [6.07, 6.45) is 2.11. The number of nitrogens with zero attached hydrogens (tertiary/aromatic N) is 4. The predicted octanol–water partition coefficient (Wildman–Crippen LogP) is 2.20. The van der Waals surface area contributed by atoms with E-state index >= 15 is 0 Å². The highest BCUT2D eigenvalue weighted by molar-refractivity contribution is 7.13. The summed E-state index contributed by atoms with van der Waals surface area (Å²) in [6, 6.07) is 6.64. The van der Waals surface area contributed by atoms with Crippen LogP contribution in [0.25, 0.3) is 0 Å². The second-order valence-electron chi connectivity index (χ2n) is 5.74. The average molecular weight is 361 g/mol. The van der Waals surface area contributed by atoms with E-state index in [2.05, 4.69) is 20.1 Å². The Kier molecular flexibility index (Phi) is 5.56. The minimum absolute atomic E-state index is 0.0206. The van der Waals surface area contributed by atoms with Gasteiger partial charge >= 0.3 is 0 Å². The zero-order valence-corrected chi connectivity index (χ0v) is 14.4. The third-order valence-electron chi connectivity index (χ3n) is 4.13. The second-order valence-corrected chi connectivity index (χ2v) is 6.63. The number of anilines is 2. The van der Waals surface area contributed by atoms with Gasteiger partial charge in [-0.05, 0) is 12.1 Å². The number of amides is 1. The zero-order chi connectivity index (χ0) is 17.6. The van der Waals surface area contributed by atoms with Crippen molar-refractivity contribution in [3.63, 3.8) is 0 Å². The molecule has 2 aromatic rings. The van der Waals surface area contributed by atoms with Gasteiger partial charge in [-0.25, -0.2) is 4.98 Å². The Morgan fingerprint density at radius 3 is 2.56 bits per heavy atom. The molecule has 0 saturated carbocycles. The number of carbonyl (C=O) groups is 1. The molecule has 1 fully saturated rings. The molecule has 1 saturated heterocycles. The number of hydrogen-bond donors (Lipinski definition) is 1. The molecule has 1 N–H and O–H groups in total. The van der Waals surface area contributed by atoms with Crippen LogP contribution in [0.1, 0.15) is 6.42 Å². The van der Waals surface area contributed by atoms with Crippen molar-refractivity contribution >= 4 is 33.8 Å². The number of aromatic nitrogens is 1. The number of nitrogens with one attached hydrogen (secondary N) is 1. The molecule has 25 heavy (non-hydrogen) atoms. The van der Waals surface area contributed by atoms with Crippen LogP contribution in [0, 0.1) is 10.1 Å². The maximum absolute atomic E-state index is 11.9. The third kappa shape index (κ3) is 4.74. The van der Waals surface area contributed by atoms with Crippen LogP contribution in [0.2, 0.25) is 0 Å². The number of nitro benzene ring substituents is 1. The summed E-state index contributed by atoms with van der Waals surface area (Å²) in [6.45, 7) is 4.12. The summed E-state index contributed by atoms with van der Waals surface area (Å²) >= 11 is 1.41. The number of rotatable bonds is 6. The van der Waals surface area contributed by atoms with Gasteiger partial charge < -0.3 is 10.2 Å². The molecule has 1 aromatic carbocycles. The van der Waals surface area contributed by atoms with Gasteiger partial charge in [-0.2, -0.15) is 0 Å². The van der Waals surface area contributed by atoms with Crippen LogP contribution < -0.4 is 10.2 Å². The van der Waals surface area contributed by atoms with Gasteiger partial charge in [0.25, 0.3) is 5.69 Å². The largest absolute Gasteiger partial charge is 0.369 e. The van der Waals surface area contributed by atoms with Crippen molar-refractivity contribution < 1.29 is 9.72 Å². The molecule has 0 bridgehead atoms. The van der Waals surface area contributed by atoms with Crippen LogP contribution >= 0.6 is 11.3 Å². The molecule has 3 rings (SSSR count). The van der Waals surface area contributed by atoms with Crippen molar-refractivity contribution in [1.29, 1.82) is 0 Å². The highest BCUT2D eigenvalue weighted by Crippen LogP contribution is 2.20. The van der Waals surface area contributed by atoms with Crippen LogP contribution in [-0.2, 0) is 4.79 Å². The minimum Gasteiger partial charge on any atom is -0.369 e. The van der Waals surface area contributed by atoms with Gasteiger partial charge in [0, 0.05) is 68.5 Å². The number of benzene rings is 1. The molecule has 1 aliphatic heterocycles. The van der Waals surface area contributed by atoms with E-state index < -0.39 is 4.92 Å². The smallest absolute Gasteiger partial charge is 0.269 e. The fourth-order valence-electron chi connectivity index (χ4n) is 2.74. The summed E-state index contributed by atoms with van der Waals surface area (Å²) < 4.78 is 0. The van der Waals surface area contributed by atoms with Crippen molar-refractivity contribution in [3.05, 3.63) is 46.0 Å². The van der Waals surface area contributed by atoms with Gasteiger partial charge in [-0.15, -0.1) is 11.3 Å². The van der Waals surface area contributed by atoms with Gasteiger partial charge in [0.15, 0.2) is 5.13 Å². The first-order valence-corrected chi connectivity index (χ1v) is 8.91. The SMILES string of the molecule is O=C(CCN1CCN(c2ccc([N+](=O)[O-])cc2)CC1)Nc1nccs1. The number of hydrogen-bond acceptors (Lipinski definition) is 7. The van der Waals surface area contributed by atoms with Gasteiger partial charge in [-0.1, -0.05) is 0 Å². The van der Waals surface area contributed by atoms with Crippen molar-refractivity contribution in [3.8, 4) is 0 Å². The standard InChI is InChI=1S/C16H19N5O3S/c22-15(18-16-17-6-12-25-16)5-7-19-8-10-20(11-9-19)13-1-3-14(4-2-13)21(23)24/h1-4,6,12H,5,7-11H2,(H,17,18,22). The molecule has 0 unspecified atom stereocenters. The van der Waals surface area contributed by atoms with E-state index in [1.54, 1.807) is 18.3 Å². The summed E-state index contributed by atoms with van der Waals surface area (Å²) in [5, 5.41) is 16.0. The quantitative estimate of drug-likeness (QED) is 0.626. The predicted molar refractivity (Wildman–Crippen MR) is 97.1 cm³/mol. The number of piperazine rings is 1. The number of carbonyl (C=O) groups excluding carboxylic acids is 1. The Labute approximate surface area is 149 Å². The van der Waals surface area contributed by atoms with Crippen LogP contribution in [-0.4, -0.2) is 53.4 Å². The van der Waals surface area contributed by atoms with E-state index in [9.17, 15) is 14.9 Å². The van der Waals surface area contributed by atoms with E-state index in [1.165, 1.54) is 23.5 Å². The maximum Gasteiger partial charge on any atom is 0.269 e. The number of nitro groups is 1. The molecule has 0 atom stereocenters. The van der Waals surface area contributed by atoms with Crippen LogP contribution in [0.15, 0.2) is 35.8 Å². The maximum atomic E-state index is 11.9. The number of thiazole rings is 1. The lowest BCUT2D eigenvalue weighted by Gasteiger charge is -2.36. The fraction of sp³-hybridized carbons (Fsp3) is 0.375. The van der Waals surface area contributed by atoms with Gasteiger partial charge in [-0.3, -0.25) is 19.8 Å². The van der Waals surface area contributed by atoms with E-state index in [0.717, 1.165) is 31.9 Å². The Bertz CT molecular complexity index is 712. The molecule has 2 heterocycles. The third-order valence-corrected chi connectivity index (χ3v) is 4.82. The lowest BCUT2D eigenvalue weighted by molar-refractivity contribution is -0.384. The first-order valence-electron chi connectivity index (χ1n) is 8.03. The molecular formula is C16H19N5O3S. The second kappa shape index (κ2) is 8.04. The average Bonchev–Trinajstić information content (AvgIpc) is 3.13. The normalized spacial score (nSPS) is 15.1. The Balaban J connectivity index is 1.42. The lowest BCUT2D eigenvalue weighted by Crippen LogP contribution is -2.47. The molecule has 1 amide bonds.